The molecule has 1 atom stereocenters. The van der Waals surface area contributed by atoms with Crippen LogP contribution in [-0.4, -0.2) is 27.8 Å². The van der Waals surface area contributed by atoms with Gasteiger partial charge in [-0.15, -0.1) is 0 Å². The van der Waals surface area contributed by atoms with Crippen LogP contribution in [0.2, 0.25) is 5.02 Å². The molecule has 1 aromatic heterocycles. The molecule has 0 aliphatic carbocycles. The second kappa shape index (κ2) is 7.80. The third-order valence-corrected chi connectivity index (χ3v) is 4.45. The first kappa shape index (κ1) is 18.0. The van der Waals surface area contributed by atoms with Gasteiger partial charge in [-0.25, -0.2) is 0 Å². The molecular weight excluding hydrogens is 288 g/mol. The van der Waals surface area contributed by atoms with E-state index in [-0.39, 0.29) is 5.91 Å². The summed E-state index contributed by atoms with van der Waals surface area (Å²) >= 11 is 6.13. The number of halogens is 1. The van der Waals surface area contributed by atoms with Crippen molar-refractivity contribution < 1.29 is 4.79 Å². The number of nitrogens with two attached hydrogens (primary N) is 1. The molecule has 5 nitrogen and oxygen atoms in total. The zero-order valence-electron chi connectivity index (χ0n) is 13.5. The minimum absolute atomic E-state index is 0.287. The summed E-state index contributed by atoms with van der Waals surface area (Å²) in [5.74, 6) is -0.287. The van der Waals surface area contributed by atoms with E-state index in [1.807, 2.05) is 25.5 Å². The normalized spacial score (nSPS) is 14.1. The van der Waals surface area contributed by atoms with Crippen LogP contribution < -0.4 is 11.1 Å². The average molecular weight is 315 g/mol. The quantitative estimate of drug-likeness (QED) is 0.688. The van der Waals surface area contributed by atoms with Crippen LogP contribution >= 0.6 is 11.6 Å². The van der Waals surface area contributed by atoms with Gasteiger partial charge in [0.05, 0.1) is 21.9 Å². The molecule has 1 heterocycles. The van der Waals surface area contributed by atoms with Crippen molar-refractivity contribution in [3.05, 3.63) is 16.4 Å². The zero-order valence-corrected chi connectivity index (χ0v) is 14.3. The predicted molar refractivity (Wildman–Crippen MR) is 86.5 cm³/mol. The lowest BCUT2D eigenvalue weighted by Gasteiger charge is -2.27. The number of hydrogen-bond acceptors (Lipinski definition) is 3. The lowest BCUT2D eigenvalue weighted by molar-refractivity contribution is -0.124. The molecule has 0 spiro atoms. The second-order valence-electron chi connectivity index (χ2n) is 5.79. The highest BCUT2D eigenvalue weighted by atomic mass is 35.5. The van der Waals surface area contributed by atoms with Gasteiger partial charge in [-0.2, -0.15) is 5.10 Å². The van der Waals surface area contributed by atoms with Gasteiger partial charge in [-0.3, -0.25) is 9.48 Å². The van der Waals surface area contributed by atoms with E-state index < -0.39 is 5.54 Å². The number of aromatic nitrogens is 2. The van der Waals surface area contributed by atoms with Gasteiger partial charge in [0, 0.05) is 6.54 Å². The van der Waals surface area contributed by atoms with Crippen molar-refractivity contribution in [2.24, 2.45) is 5.73 Å². The molecule has 1 aromatic rings. The fourth-order valence-corrected chi connectivity index (χ4v) is 2.47. The first-order valence-corrected chi connectivity index (χ1v) is 7.94. The molecule has 6 heteroatoms. The summed E-state index contributed by atoms with van der Waals surface area (Å²) in [7, 11) is 0. The van der Waals surface area contributed by atoms with Crippen LogP contribution in [0.15, 0.2) is 0 Å². The summed E-state index contributed by atoms with van der Waals surface area (Å²) in [5.41, 5.74) is 6.75. The summed E-state index contributed by atoms with van der Waals surface area (Å²) < 4.78 is 1.93. The van der Waals surface area contributed by atoms with E-state index >= 15 is 0 Å². The van der Waals surface area contributed by atoms with Gasteiger partial charge in [-0.05, 0) is 53.0 Å². The van der Waals surface area contributed by atoms with Crippen molar-refractivity contribution in [2.45, 2.75) is 65.5 Å². The van der Waals surface area contributed by atoms with Crippen LogP contribution in [0, 0.1) is 13.8 Å². The molecule has 0 aliphatic heterocycles. The van der Waals surface area contributed by atoms with Crippen molar-refractivity contribution >= 4 is 17.5 Å². The summed E-state index contributed by atoms with van der Waals surface area (Å²) in [5, 5.41) is 8.39. The van der Waals surface area contributed by atoms with E-state index in [9.17, 15) is 4.79 Å². The van der Waals surface area contributed by atoms with E-state index in [0.29, 0.717) is 0 Å². The van der Waals surface area contributed by atoms with Crippen LogP contribution in [0.25, 0.3) is 0 Å². The van der Waals surface area contributed by atoms with Crippen molar-refractivity contribution in [2.75, 3.05) is 6.54 Å². The fourth-order valence-electron chi connectivity index (χ4n) is 2.33. The number of hydrogen-bond donors (Lipinski definition) is 2. The van der Waals surface area contributed by atoms with Crippen LogP contribution in [0.3, 0.4) is 0 Å². The first-order chi connectivity index (χ1) is 9.81. The third kappa shape index (κ3) is 4.71. The maximum Gasteiger partial charge on any atom is 0.237 e. The van der Waals surface area contributed by atoms with E-state index in [4.69, 9.17) is 17.3 Å². The summed E-state index contributed by atoms with van der Waals surface area (Å²) in [6.07, 6.45) is 3.56. The predicted octanol–water partition coefficient (Wildman–Crippen LogP) is 2.57. The van der Waals surface area contributed by atoms with E-state index in [0.717, 1.165) is 55.2 Å². The Labute approximate surface area is 132 Å². The minimum atomic E-state index is -0.622. The summed E-state index contributed by atoms with van der Waals surface area (Å²) in [6, 6.07) is 0. The molecular formula is C15H27ClN4O. The highest BCUT2D eigenvalue weighted by molar-refractivity contribution is 6.31. The number of rotatable bonds is 9. The fraction of sp³-hybridized carbons (Fsp3) is 0.733. The SMILES string of the molecule is CCCNC(C)(CCCCn1nc(C)c(Cl)c1C)C(N)=O. The number of aryl methyl sites for hydroxylation is 2. The number of nitrogens with one attached hydrogen (secondary N) is 1. The van der Waals surface area contributed by atoms with Gasteiger partial charge in [0.25, 0.3) is 0 Å². The standard InChI is InChI=1S/C15H27ClN4O/c1-5-9-18-15(4,14(17)21)8-6-7-10-20-12(3)13(16)11(2)19-20/h18H,5-10H2,1-4H3,(H2,17,21). The van der Waals surface area contributed by atoms with Crippen LogP contribution in [0.5, 0.6) is 0 Å². The smallest absolute Gasteiger partial charge is 0.237 e. The van der Waals surface area contributed by atoms with Gasteiger partial charge in [0.15, 0.2) is 0 Å². The van der Waals surface area contributed by atoms with Crippen LogP contribution in [0.1, 0.15) is 50.9 Å². The largest absolute Gasteiger partial charge is 0.368 e. The molecule has 0 saturated carbocycles. The maximum absolute atomic E-state index is 11.6. The molecule has 3 N–H and O–H groups in total. The van der Waals surface area contributed by atoms with Gasteiger partial charge < -0.3 is 11.1 Å². The molecule has 0 aliphatic rings. The summed E-state index contributed by atoms with van der Waals surface area (Å²) in [4.78, 5) is 11.6. The number of nitrogens with zero attached hydrogens (tertiary/aromatic N) is 2. The Morgan fingerprint density at radius 2 is 2.10 bits per heavy atom. The lowest BCUT2D eigenvalue weighted by atomic mass is 9.93. The first-order valence-electron chi connectivity index (χ1n) is 7.56. The van der Waals surface area contributed by atoms with Crippen LogP contribution in [-0.2, 0) is 11.3 Å². The van der Waals surface area contributed by atoms with Gasteiger partial charge >= 0.3 is 0 Å². The molecule has 0 aromatic carbocycles. The van der Waals surface area contributed by atoms with E-state index in [1.165, 1.54) is 0 Å². The Kier molecular flexibility index (Phi) is 6.68. The highest BCUT2D eigenvalue weighted by Gasteiger charge is 2.29. The van der Waals surface area contributed by atoms with Crippen molar-refractivity contribution in [3.8, 4) is 0 Å². The Morgan fingerprint density at radius 3 is 2.57 bits per heavy atom. The van der Waals surface area contributed by atoms with Crippen LogP contribution in [0.4, 0.5) is 0 Å². The Balaban J connectivity index is 2.47. The molecule has 1 rings (SSSR count). The number of carbonyl (C=O) groups excluding carboxylic acids is 1. The average Bonchev–Trinajstić information content (AvgIpc) is 2.68. The Bertz CT molecular complexity index is 486. The molecule has 1 amide bonds. The monoisotopic (exact) mass is 314 g/mol. The second-order valence-corrected chi connectivity index (χ2v) is 6.17. The van der Waals surface area contributed by atoms with Gasteiger partial charge in [0.2, 0.25) is 5.91 Å². The highest BCUT2D eigenvalue weighted by Crippen LogP contribution is 2.20. The molecule has 21 heavy (non-hydrogen) atoms. The third-order valence-electron chi connectivity index (χ3n) is 3.90. The number of amides is 1. The maximum atomic E-state index is 11.6. The van der Waals surface area contributed by atoms with Crippen molar-refractivity contribution in [1.29, 1.82) is 0 Å². The Morgan fingerprint density at radius 1 is 1.43 bits per heavy atom. The number of primary amides is 1. The lowest BCUT2D eigenvalue weighted by Crippen LogP contribution is -2.53. The zero-order chi connectivity index (χ0) is 16.0. The van der Waals surface area contributed by atoms with E-state index in [1.54, 1.807) is 0 Å². The topological polar surface area (TPSA) is 72.9 Å². The number of carbonyl (C=O) groups is 1. The molecule has 0 fully saturated rings. The Hall–Kier alpha value is -1.07. The molecule has 0 saturated heterocycles. The summed E-state index contributed by atoms with van der Waals surface area (Å²) in [6.45, 7) is 9.43. The molecule has 0 radical (unpaired) electrons. The minimum Gasteiger partial charge on any atom is -0.368 e. The number of unbranched alkanes of at least 4 members (excludes halogenated alkanes) is 1. The van der Waals surface area contributed by atoms with Gasteiger partial charge in [0.1, 0.15) is 0 Å². The van der Waals surface area contributed by atoms with E-state index in [2.05, 4.69) is 17.3 Å². The molecule has 120 valence electrons. The van der Waals surface area contributed by atoms with Crippen molar-refractivity contribution in [1.82, 2.24) is 15.1 Å². The van der Waals surface area contributed by atoms with Crippen molar-refractivity contribution in [3.63, 3.8) is 0 Å². The molecule has 1 unspecified atom stereocenters. The molecule has 0 bridgehead atoms. The van der Waals surface area contributed by atoms with Gasteiger partial charge in [-0.1, -0.05) is 18.5 Å².